The maximum absolute atomic E-state index is 13.2. The summed E-state index contributed by atoms with van der Waals surface area (Å²) in [5, 5.41) is 0. The summed E-state index contributed by atoms with van der Waals surface area (Å²) >= 11 is 0. The number of methoxy groups -OCH3 is 1. The molecular formula is C21H25N5O3. The fourth-order valence-corrected chi connectivity index (χ4v) is 3.89. The number of aryl methyl sites for hydroxylation is 1. The fourth-order valence-electron chi connectivity index (χ4n) is 3.89. The van der Waals surface area contributed by atoms with E-state index in [1.54, 1.807) is 21.1 Å². The van der Waals surface area contributed by atoms with Crippen LogP contribution in [0.25, 0.3) is 11.2 Å². The molecule has 29 heavy (non-hydrogen) atoms. The number of hydrogen-bond donors (Lipinski definition) is 0. The van der Waals surface area contributed by atoms with Crippen LogP contribution in [0.1, 0.15) is 13.8 Å². The zero-order valence-corrected chi connectivity index (χ0v) is 17.2. The van der Waals surface area contributed by atoms with Crippen LogP contribution in [-0.2, 0) is 20.1 Å². The van der Waals surface area contributed by atoms with Crippen LogP contribution in [0.5, 0.6) is 5.75 Å². The lowest BCUT2D eigenvalue weighted by atomic mass is 10.1. The summed E-state index contributed by atoms with van der Waals surface area (Å²) in [5.74, 6) is 1.74. The molecule has 8 heteroatoms. The molecule has 3 heterocycles. The zero-order valence-electron chi connectivity index (χ0n) is 17.2. The van der Waals surface area contributed by atoms with Crippen molar-refractivity contribution in [1.82, 2.24) is 18.7 Å². The van der Waals surface area contributed by atoms with Gasteiger partial charge >= 0.3 is 5.69 Å². The smallest absolute Gasteiger partial charge is 0.332 e. The number of nitrogens with zero attached hydrogens (tertiary/aromatic N) is 5. The van der Waals surface area contributed by atoms with E-state index in [2.05, 4.69) is 18.4 Å². The zero-order chi connectivity index (χ0) is 20.9. The van der Waals surface area contributed by atoms with E-state index in [0.717, 1.165) is 23.6 Å². The van der Waals surface area contributed by atoms with Gasteiger partial charge in [0.2, 0.25) is 5.95 Å². The van der Waals surface area contributed by atoms with Gasteiger partial charge in [-0.2, -0.15) is 4.98 Å². The molecule has 0 spiro atoms. The molecular weight excluding hydrogens is 370 g/mol. The van der Waals surface area contributed by atoms with Crippen LogP contribution < -0.4 is 20.9 Å². The van der Waals surface area contributed by atoms with Crippen LogP contribution in [0.4, 0.5) is 11.6 Å². The van der Waals surface area contributed by atoms with Crippen molar-refractivity contribution in [2.24, 2.45) is 13.0 Å². The van der Waals surface area contributed by atoms with Crippen molar-refractivity contribution in [2.75, 3.05) is 18.6 Å². The first-order valence-corrected chi connectivity index (χ1v) is 9.57. The molecule has 4 rings (SSSR count). The number of fused-ring (bicyclic) bond motifs is 3. The summed E-state index contributed by atoms with van der Waals surface area (Å²) in [7, 11) is 3.28. The Morgan fingerprint density at radius 1 is 1.24 bits per heavy atom. The highest BCUT2D eigenvalue weighted by molar-refractivity contribution is 5.77. The molecule has 0 bridgehead atoms. The molecule has 0 unspecified atom stereocenters. The van der Waals surface area contributed by atoms with Gasteiger partial charge in [0.05, 0.1) is 13.7 Å². The Kier molecular flexibility index (Phi) is 4.56. The molecule has 8 nitrogen and oxygen atoms in total. The Morgan fingerprint density at radius 3 is 2.55 bits per heavy atom. The minimum atomic E-state index is -0.384. The third kappa shape index (κ3) is 3.04. The average Bonchev–Trinajstić information content (AvgIpc) is 3.08. The van der Waals surface area contributed by atoms with Crippen LogP contribution in [0.3, 0.4) is 0 Å². The molecule has 1 atom stereocenters. The Bertz CT molecular complexity index is 1220. The molecule has 0 aliphatic carbocycles. The molecule has 0 fully saturated rings. The van der Waals surface area contributed by atoms with Crippen molar-refractivity contribution in [3.8, 4) is 5.75 Å². The quantitative estimate of drug-likeness (QED) is 0.634. The van der Waals surface area contributed by atoms with Gasteiger partial charge in [0.25, 0.3) is 5.56 Å². The van der Waals surface area contributed by atoms with E-state index in [9.17, 15) is 9.59 Å². The summed E-state index contributed by atoms with van der Waals surface area (Å²) in [4.78, 5) is 32.8. The SMILES string of the molecule is C=C(C)Cn1c(=O)c2c(nc3n2C[C@H](C)CN3c2ccc(OC)cc2)n(C)c1=O. The molecule has 1 aromatic carbocycles. The lowest BCUT2D eigenvalue weighted by molar-refractivity contribution is 0.414. The highest BCUT2D eigenvalue weighted by Crippen LogP contribution is 2.33. The van der Waals surface area contributed by atoms with Crippen LogP contribution in [0, 0.1) is 5.92 Å². The van der Waals surface area contributed by atoms with E-state index in [1.807, 2.05) is 28.8 Å². The number of aromatic nitrogens is 4. The van der Waals surface area contributed by atoms with Crippen molar-refractivity contribution >= 4 is 22.8 Å². The molecule has 2 aromatic heterocycles. The number of allylic oxidation sites excluding steroid dienone is 1. The second kappa shape index (κ2) is 6.95. The van der Waals surface area contributed by atoms with E-state index >= 15 is 0 Å². The Balaban J connectivity index is 1.96. The highest BCUT2D eigenvalue weighted by Gasteiger charge is 2.29. The highest BCUT2D eigenvalue weighted by atomic mass is 16.5. The van der Waals surface area contributed by atoms with Gasteiger partial charge in [-0.3, -0.25) is 13.9 Å². The fraction of sp³-hybridized carbons (Fsp3) is 0.381. The third-order valence-electron chi connectivity index (χ3n) is 5.25. The van der Waals surface area contributed by atoms with Gasteiger partial charge in [0.1, 0.15) is 5.75 Å². The van der Waals surface area contributed by atoms with Crippen molar-refractivity contribution in [3.05, 3.63) is 57.3 Å². The van der Waals surface area contributed by atoms with Crippen LogP contribution >= 0.6 is 0 Å². The lowest BCUT2D eigenvalue weighted by Crippen LogP contribution is -2.40. The minimum Gasteiger partial charge on any atom is -0.497 e. The van der Waals surface area contributed by atoms with Gasteiger partial charge in [-0.25, -0.2) is 4.79 Å². The van der Waals surface area contributed by atoms with Crippen LogP contribution in [-0.4, -0.2) is 32.3 Å². The number of imidazole rings is 1. The van der Waals surface area contributed by atoms with Gasteiger partial charge in [0, 0.05) is 25.8 Å². The van der Waals surface area contributed by atoms with Crippen molar-refractivity contribution in [2.45, 2.75) is 26.9 Å². The van der Waals surface area contributed by atoms with Crippen LogP contribution in [0.15, 0.2) is 46.0 Å². The largest absolute Gasteiger partial charge is 0.497 e. The number of benzene rings is 1. The third-order valence-corrected chi connectivity index (χ3v) is 5.25. The van der Waals surface area contributed by atoms with Crippen molar-refractivity contribution in [3.63, 3.8) is 0 Å². The normalized spacial score (nSPS) is 16.1. The lowest BCUT2D eigenvalue weighted by Gasteiger charge is -2.33. The Morgan fingerprint density at radius 2 is 1.93 bits per heavy atom. The van der Waals surface area contributed by atoms with E-state index in [0.29, 0.717) is 29.6 Å². The van der Waals surface area contributed by atoms with E-state index < -0.39 is 0 Å². The number of rotatable bonds is 4. The summed E-state index contributed by atoms with van der Waals surface area (Å²) < 4.78 is 9.87. The average molecular weight is 395 g/mol. The van der Waals surface area contributed by atoms with Gasteiger partial charge in [-0.15, -0.1) is 0 Å². The molecule has 1 aliphatic heterocycles. The summed E-state index contributed by atoms with van der Waals surface area (Å²) in [6.45, 7) is 9.41. The predicted octanol–water partition coefficient (Wildman–Crippen LogP) is 2.27. The maximum atomic E-state index is 13.2. The monoisotopic (exact) mass is 395 g/mol. The minimum absolute atomic E-state index is 0.194. The number of hydrogen-bond acceptors (Lipinski definition) is 5. The van der Waals surface area contributed by atoms with E-state index in [-0.39, 0.29) is 17.8 Å². The Labute approximate surface area is 168 Å². The van der Waals surface area contributed by atoms with Crippen molar-refractivity contribution in [1.29, 1.82) is 0 Å². The second-order valence-corrected chi connectivity index (χ2v) is 7.80. The topological polar surface area (TPSA) is 74.3 Å². The first-order chi connectivity index (χ1) is 13.8. The van der Waals surface area contributed by atoms with Gasteiger partial charge < -0.3 is 14.2 Å². The van der Waals surface area contributed by atoms with E-state index in [1.165, 1.54) is 9.13 Å². The second-order valence-electron chi connectivity index (χ2n) is 7.80. The predicted molar refractivity (Wildman–Crippen MR) is 113 cm³/mol. The van der Waals surface area contributed by atoms with Crippen molar-refractivity contribution < 1.29 is 4.74 Å². The molecule has 0 radical (unpaired) electrons. The maximum Gasteiger partial charge on any atom is 0.332 e. The van der Waals surface area contributed by atoms with Gasteiger partial charge in [0.15, 0.2) is 11.2 Å². The van der Waals surface area contributed by atoms with E-state index in [4.69, 9.17) is 9.72 Å². The first kappa shape index (κ1) is 19.0. The molecule has 0 saturated heterocycles. The number of anilines is 2. The van der Waals surface area contributed by atoms with Gasteiger partial charge in [-0.1, -0.05) is 19.1 Å². The molecule has 0 N–H and O–H groups in total. The first-order valence-electron chi connectivity index (χ1n) is 9.57. The standard InChI is InChI=1S/C21H25N5O3/c1-13(2)10-26-19(27)17-18(23(4)21(26)28)22-20-24(11-14(3)12-25(17)20)15-6-8-16(29-5)9-7-15/h6-9,14H,1,10-12H2,2-5H3/t14-/m1/s1. The number of ether oxygens (including phenoxy) is 1. The molecule has 3 aromatic rings. The van der Waals surface area contributed by atoms with Gasteiger partial charge in [-0.05, 0) is 37.1 Å². The molecule has 0 saturated carbocycles. The van der Waals surface area contributed by atoms with Crippen LogP contribution in [0.2, 0.25) is 0 Å². The Hall–Kier alpha value is -3.29. The summed E-state index contributed by atoms with van der Waals surface area (Å²) in [6, 6.07) is 7.74. The molecule has 1 aliphatic rings. The summed E-state index contributed by atoms with van der Waals surface area (Å²) in [5.41, 5.74) is 1.85. The molecule has 152 valence electrons. The summed E-state index contributed by atoms with van der Waals surface area (Å²) in [6.07, 6.45) is 0. The molecule has 0 amide bonds.